The van der Waals surface area contributed by atoms with Crippen molar-refractivity contribution < 1.29 is 9.53 Å². The van der Waals surface area contributed by atoms with Crippen molar-refractivity contribution >= 4 is 28.1 Å². The summed E-state index contributed by atoms with van der Waals surface area (Å²) in [5, 5.41) is 3.95. The van der Waals surface area contributed by atoms with E-state index >= 15 is 0 Å². The molecule has 1 aliphatic carbocycles. The number of nitrogens with zero attached hydrogens (tertiary/aromatic N) is 3. The van der Waals surface area contributed by atoms with Gasteiger partial charge in [0.05, 0.1) is 30.4 Å². The van der Waals surface area contributed by atoms with E-state index in [1.165, 1.54) is 11.2 Å². The molecule has 0 saturated carbocycles. The van der Waals surface area contributed by atoms with Crippen LogP contribution in [-0.2, 0) is 16.0 Å². The minimum atomic E-state index is -0.229. The number of carbonyl (C=O) groups is 1. The van der Waals surface area contributed by atoms with E-state index in [4.69, 9.17) is 4.74 Å². The highest BCUT2D eigenvalue weighted by Crippen LogP contribution is 2.38. The molecule has 1 aliphatic rings. The zero-order chi connectivity index (χ0) is 14.7. The second-order valence-electron chi connectivity index (χ2n) is 4.78. The number of anilines is 2. The molecule has 0 amide bonds. The van der Waals surface area contributed by atoms with Crippen LogP contribution in [0.3, 0.4) is 0 Å². The maximum absolute atomic E-state index is 12.0. The third kappa shape index (κ3) is 3.02. The SMILES string of the molecule is CCOC(=O)C1CCCc2sc(Nc3cncnc3)nc21. The third-order valence-electron chi connectivity index (χ3n) is 3.34. The number of fused-ring (bicyclic) bond motifs is 1. The average molecular weight is 304 g/mol. The molecule has 0 radical (unpaired) electrons. The Morgan fingerprint density at radius 3 is 3.05 bits per heavy atom. The average Bonchev–Trinajstić information content (AvgIpc) is 2.90. The Balaban J connectivity index is 1.82. The second-order valence-corrected chi connectivity index (χ2v) is 5.86. The molecular weight excluding hydrogens is 288 g/mol. The van der Waals surface area contributed by atoms with Crippen LogP contribution >= 0.6 is 11.3 Å². The molecule has 0 aromatic carbocycles. The van der Waals surface area contributed by atoms with Crippen molar-refractivity contribution in [1.82, 2.24) is 15.0 Å². The summed E-state index contributed by atoms with van der Waals surface area (Å²) < 4.78 is 5.15. The predicted molar refractivity (Wildman–Crippen MR) is 79.7 cm³/mol. The largest absolute Gasteiger partial charge is 0.465 e. The Kier molecular flexibility index (Phi) is 4.10. The predicted octanol–water partition coefficient (Wildman–Crippen LogP) is 2.66. The number of aromatic nitrogens is 3. The van der Waals surface area contributed by atoms with Crippen molar-refractivity contribution in [3.63, 3.8) is 0 Å². The number of esters is 1. The monoisotopic (exact) mass is 304 g/mol. The number of rotatable bonds is 4. The zero-order valence-corrected chi connectivity index (χ0v) is 12.5. The summed E-state index contributed by atoms with van der Waals surface area (Å²) in [5.74, 6) is -0.397. The Hall–Kier alpha value is -2.02. The first-order valence-corrected chi connectivity index (χ1v) is 7.78. The number of thiazole rings is 1. The second kappa shape index (κ2) is 6.17. The van der Waals surface area contributed by atoms with E-state index in [0.717, 1.165) is 35.8 Å². The molecule has 110 valence electrons. The van der Waals surface area contributed by atoms with Gasteiger partial charge in [-0.25, -0.2) is 15.0 Å². The van der Waals surface area contributed by atoms with E-state index in [1.807, 2.05) is 6.92 Å². The maximum Gasteiger partial charge on any atom is 0.315 e. The molecule has 0 aliphatic heterocycles. The van der Waals surface area contributed by atoms with Crippen LogP contribution in [0.25, 0.3) is 0 Å². The Morgan fingerprint density at radius 2 is 2.29 bits per heavy atom. The summed E-state index contributed by atoms with van der Waals surface area (Å²) in [6.45, 7) is 2.23. The third-order valence-corrected chi connectivity index (χ3v) is 4.38. The minimum Gasteiger partial charge on any atom is -0.465 e. The van der Waals surface area contributed by atoms with E-state index in [2.05, 4.69) is 20.3 Å². The van der Waals surface area contributed by atoms with E-state index in [1.54, 1.807) is 23.7 Å². The van der Waals surface area contributed by atoms with Gasteiger partial charge in [-0.2, -0.15) is 0 Å². The number of ether oxygens (including phenoxy) is 1. The van der Waals surface area contributed by atoms with E-state index < -0.39 is 0 Å². The van der Waals surface area contributed by atoms with Gasteiger partial charge in [-0.3, -0.25) is 4.79 Å². The molecule has 21 heavy (non-hydrogen) atoms. The smallest absolute Gasteiger partial charge is 0.315 e. The lowest BCUT2D eigenvalue weighted by atomic mass is 9.91. The standard InChI is InChI=1S/C14H16N4O2S/c1-2-20-13(19)10-4-3-5-11-12(10)18-14(21-11)17-9-6-15-8-16-7-9/h6-8,10H,2-5H2,1H3,(H,17,18). The maximum atomic E-state index is 12.0. The molecule has 2 aromatic rings. The minimum absolute atomic E-state index is 0.168. The van der Waals surface area contributed by atoms with E-state index in [9.17, 15) is 4.79 Å². The fourth-order valence-corrected chi connectivity index (χ4v) is 3.52. The van der Waals surface area contributed by atoms with Crippen molar-refractivity contribution in [3.8, 4) is 0 Å². The van der Waals surface area contributed by atoms with E-state index in [0.29, 0.717) is 6.61 Å². The van der Waals surface area contributed by atoms with Crippen LogP contribution in [0.5, 0.6) is 0 Å². The molecule has 3 rings (SSSR count). The first-order chi connectivity index (χ1) is 10.3. The number of hydrogen-bond donors (Lipinski definition) is 1. The lowest BCUT2D eigenvalue weighted by Crippen LogP contribution is -2.20. The van der Waals surface area contributed by atoms with Gasteiger partial charge in [0.15, 0.2) is 5.13 Å². The van der Waals surface area contributed by atoms with Gasteiger partial charge in [0.2, 0.25) is 0 Å². The summed E-state index contributed by atoms with van der Waals surface area (Å²) in [6, 6.07) is 0. The lowest BCUT2D eigenvalue weighted by Gasteiger charge is -2.19. The number of hydrogen-bond acceptors (Lipinski definition) is 7. The molecule has 0 fully saturated rings. The van der Waals surface area contributed by atoms with Gasteiger partial charge in [0.1, 0.15) is 12.2 Å². The van der Waals surface area contributed by atoms with Crippen LogP contribution in [0.4, 0.5) is 10.8 Å². The van der Waals surface area contributed by atoms with Crippen LogP contribution in [0, 0.1) is 0 Å². The molecule has 0 saturated heterocycles. The number of nitrogens with one attached hydrogen (secondary N) is 1. The van der Waals surface area contributed by atoms with Gasteiger partial charge in [-0.05, 0) is 26.2 Å². The summed E-state index contributed by atoms with van der Waals surface area (Å²) in [7, 11) is 0. The van der Waals surface area contributed by atoms with Gasteiger partial charge < -0.3 is 10.1 Å². The van der Waals surface area contributed by atoms with Crippen LogP contribution in [0.1, 0.15) is 36.3 Å². The highest BCUT2D eigenvalue weighted by molar-refractivity contribution is 7.15. The van der Waals surface area contributed by atoms with Crippen molar-refractivity contribution in [2.75, 3.05) is 11.9 Å². The molecule has 1 atom stereocenters. The first-order valence-electron chi connectivity index (χ1n) is 6.96. The van der Waals surface area contributed by atoms with Gasteiger partial charge in [0.25, 0.3) is 0 Å². The summed E-state index contributed by atoms with van der Waals surface area (Å²) in [4.78, 5) is 25.7. The Bertz CT molecular complexity index is 629. The quantitative estimate of drug-likeness (QED) is 0.875. The van der Waals surface area contributed by atoms with Crippen molar-refractivity contribution in [2.24, 2.45) is 0 Å². The normalized spacial score (nSPS) is 17.1. The summed E-state index contributed by atoms with van der Waals surface area (Å²) >= 11 is 1.58. The Morgan fingerprint density at radius 1 is 1.48 bits per heavy atom. The highest BCUT2D eigenvalue weighted by atomic mass is 32.1. The molecule has 7 heteroatoms. The summed E-state index contributed by atoms with van der Waals surface area (Å²) in [6.07, 6.45) is 7.63. The number of aryl methyl sites for hydroxylation is 1. The van der Waals surface area contributed by atoms with Crippen molar-refractivity contribution in [1.29, 1.82) is 0 Å². The molecular formula is C14H16N4O2S. The van der Waals surface area contributed by atoms with Crippen LogP contribution < -0.4 is 5.32 Å². The molecule has 1 N–H and O–H groups in total. The van der Waals surface area contributed by atoms with Gasteiger partial charge >= 0.3 is 5.97 Å². The van der Waals surface area contributed by atoms with Crippen molar-refractivity contribution in [2.45, 2.75) is 32.1 Å². The highest BCUT2D eigenvalue weighted by Gasteiger charge is 2.31. The van der Waals surface area contributed by atoms with Crippen LogP contribution in [0.2, 0.25) is 0 Å². The fourth-order valence-electron chi connectivity index (χ4n) is 2.43. The van der Waals surface area contributed by atoms with Crippen LogP contribution in [0.15, 0.2) is 18.7 Å². The van der Waals surface area contributed by atoms with E-state index in [-0.39, 0.29) is 11.9 Å². The topological polar surface area (TPSA) is 77.0 Å². The van der Waals surface area contributed by atoms with Gasteiger partial charge in [-0.1, -0.05) is 0 Å². The fraction of sp³-hybridized carbons (Fsp3) is 0.429. The molecule has 2 aromatic heterocycles. The van der Waals surface area contributed by atoms with Crippen LogP contribution in [-0.4, -0.2) is 27.5 Å². The Labute approximate surface area is 126 Å². The zero-order valence-electron chi connectivity index (χ0n) is 11.7. The molecule has 1 unspecified atom stereocenters. The summed E-state index contributed by atoms with van der Waals surface area (Å²) in [5.41, 5.74) is 1.65. The first kappa shape index (κ1) is 13.9. The number of carbonyl (C=O) groups excluding carboxylic acids is 1. The van der Waals surface area contributed by atoms with Crippen molar-refractivity contribution in [3.05, 3.63) is 29.3 Å². The lowest BCUT2D eigenvalue weighted by molar-refractivity contribution is -0.145. The molecule has 0 bridgehead atoms. The molecule has 2 heterocycles. The van der Waals surface area contributed by atoms with Gasteiger partial charge in [-0.15, -0.1) is 11.3 Å². The van der Waals surface area contributed by atoms with Gasteiger partial charge in [0, 0.05) is 4.88 Å². The molecule has 6 nitrogen and oxygen atoms in total. The molecule has 0 spiro atoms.